The Balaban J connectivity index is 2.02. The molecule has 1 amide bonds. The highest BCUT2D eigenvalue weighted by molar-refractivity contribution is 5.95. The number of nitrogens with one attached hydrogen (secondary N) is 1. The van der Waals surface area contributed by atoms with Crippen LogP contribution >= 0.6 is 0 Å². The van der Waals surface area contributed by atoms with Gasteiger partial charge in [-0.2, -0.15) is 0 Å². The topological polar surface area (TPSA) is 69.6 Å². The molecule has 92 valence electrons. The summed E-state index contributed by atoms with van der Waals surface area (Å²) in [5.74, 6) is -0.0126. The molecule has 0 aromatic heterocycles. The van der Waals surface area contributed by atoms with Crippen molar-refractivity contribution in [3.05, 3.63) is 23.8 Å². The standard InChI is InChI=1S/C13H17NO3/c1-8-2-4-10(6-8)14-13(17)9-3-5-11(15)12(16)7-9/h3,5,7-8,10,15-16H,2,4,6H2,1H3,(H,14,17). The maximum absolute atomic E-state index is 11.9. The fourth-order valence-corrected chi connectivity index (χ4v) is 2.27. The van der Waals surface area contributed by atoms with Crippen LogP contribution in [0.4, 0.5) is 0 Å². The van der Waals surface area contributed by atoms with E-state index in [0.29, 0.717) is 11.5 Å². The lowest BCUT2D eigenvalue weighted by Crippen LogP contribution is -2.32. The number of amides is 1. The molecule has 1 saturated carbocycles. The highest BCUT2D eigenvalue weighted by Crippen LogP contribution is 2.27. The molecule has 0 heterocycles. The van der Waals surface area contributed by atoms with Crippen LogP contribution in [-0.2, 0) is 0 Å². The summed E-state index contributed by atoms with van der Waals surface area (Å²) in [7, 11) is 0. The molecular weight excluding hydrogens is 218 g/mol. The molecule has 3 N–H and O–H groups in total. The van der Waals surface area contributed by atoms with Crippen LogP contribution in [0.1, 0.15) is 36.5 Å². The maximum Gasteiger partial charge on any atom is 0.251 e. The second-order valence-electron chi connectivity index (χ2n) is 4.79. The maximum atomic E-state index is 11.9. The van der Waals surface area contributed by atoms with Gasteiger partial charge in [0.25, 0.3) is 5.91 Å². The third-order valence-corrected chi connectivity index (χ3v) is 3.27. The zero-order chi connectivity index (χ0) is 12.4. The summed E-state index contributed by atoms with van der Waals surface area (Å²) < 4.78 is 0. The van der Waals surface area contributed by atoms with Crippen LogP contribution in [0.25, 0.3) is 0 Å². The monoisotopic (exact) mass is 235 g/mol. The highest BCUT2D eigenvalue weighted by Gasteiger charge is 2.23. The average Bonchev–Trinajstić information content (AvgIpc) is 2.68. The molecule has 0 spiro atoms. The molecular formula is C13H17NO3. The Kier molecular flexibility index (Phi) is 3.22. The molecule has 1 aliphatic carbocycles. The minimum absolute atomic E-state index is 0.195. The summed E-state index contributed by atoms with van der Waals surface area (Å²) >= 11 is 0. The Labute approximate surface area is 100 Å². The molecule has 1 fully saturated rings. The van der Waals surface area contributed by atoms with E-state index >= 15 is 0 Å². The van der Waals surface area contributed by atoms with Crippen molar-refractivity contribution < 1.29 is 15.0 Å². The van der Waals surface area contributed by atoms with Gasteiger partial charge >= 0.3 is 0 Å². The molecule has 1 aliphatic rings. The smallest absolute Gasteiger partial charge is 0.251 e. The summed E-state index contributed by atoms with van der Waals surface area (Å²) in [6, 6.07) is 4.33. The largest absolute Gasteiger partial charge is 0.504 e. The zero-order valence-electron chi connectivity index (χ0n) is 9.81. The van der Waals surface area contributed by atoms with Gasteiger partial charge in [-0.25, -0.2) is 0 Å². The van der Waals surface area contributed by atoms with Crippen molar-refractivity contribution in [2.24, 2.45) is 5.92 Å². The summed E-state index contributed by atoms with van der Waals surface area (Å²) in [6.07, 6.45) is 3.17. The van der Waals surface area contributed by atoms with Crippen LogP contribution in [0.5, 0.6) is 11.5 Å². The molecule has 17 heavy (non-hydrogen) atoms. The van der Waals surface area contributed by atoms with Gasteiger partial charge in [-0.1, -0.05) is 6.92 Å². The fraction of sp³-hybridized carbons (Fsp3) is 0.462. The van der Waals surface area contributed by atoms with E-state index in [4.69, 9.17) is 5.11 Å². The van der Waals surface area contributed by atoms with Gasteiger partial charge in [0.15, 0.2) is 11.5 Å². The molecule has 2 atom stereocenters. The van der Waals surface area contributed by atoms with Crippen molar-refractivity contribution in [3.8, 4) is 11.5 Å². The molecule has 1 aromatic rings. The first-order valence-corrected chi connectivity index (χ1v) is 5.89. The summed E-state index contributed by atoms with van der Waals surface area (Å²) in [5, 5.41) is 21.4. The Morgan fingerprint density at radius 1 is 1.29 bits per heavy atom. The van der Waals surface area contributed by atoms with E-state index in [9.17, 15) is 9.90 Å². The van der Waals surface area contributed by atoms with E-state index in [1.165, 1.54) is 18.2 Å². The van der Waals surface area contributed by atoms with E-state index in [-0.39, 0.29) is 23.4 Å². The molecule has 2 unspecified atom stereocenters. The molecule has 0 aliphatic heterocycles. The number of benzene rings is 1. The summed E-state index contributed by atoms with van der Waals surface area (Å²) in [5.41, 5.74) is 0.375. The molecule has 0 radical (unpaired) electrons. The predicted octanol–water partition coefficient (Wildman–Crippen LogP) is 2.02. The van der Waals surface area contributed by atoms with Crippen LogP contribution in [0.2, 0.25) is 0 Å². The van der Waals surface area contributed by atoms with Crippen molar-refractivity contribution in [1.29, 1.82) is 0 Å². The van der Waals surface area contributed by atoms with E-state index < -0.39 is 0 Å². The van der Waals surface area contributed by atoms with Gasteiger partial charge in [0.2, 0.25) is 0 Å². The van der Waals surface area contributed by atoms with E-state index in [2.05, 4.69) is 12.2 Å². The van der Waals surface area contributed by atoms with Crippen molar-refractivity contribution in [2.45, 2.75) is 32.2 Å². The molecule has 4 nitrogen and oxygen atoms in total. The molecule has 1 aromatic carbocycles. The van der Waals surface area contributed by atoms with Gasteiger partial charge in [0, 0.05) is 11.6 Å². The highest BCUT2D eigenvalue weighted by atomic mass is 16.3. The lowest BCUT2D eigenvalue weighted by molar-refractivity contribution is 0.0937. The second-order valence-corrected chi connectivity index (χ2v) is 4.79. The number of hydrogen-bond donors (Lipinski definition) is 3. The first kappa shape index (κ1) is 11.8. The number of carbonyl (C=O) groups is 1. The number of phenolic OH excluding ortho intramolecular Hbond substituents is 2. The average molecular weight is 235 g/mol. The molecule has 0 saturated heterocycles. The molecule has 0 bridgehead atoms. The first-order chi connectivity index (χ1) is 8.06. The van der Waals surface area contributed by atoms with Crippen LogP contribution in [0, 0.1) is 5.92 Å². The van der Waals surface area contributed by atoms with E-state index in [0.717, 1.165) is 19.3 Å². The lowest BCUT2D eigenvalue weighted by Gasteiger charge is -2.12. The minimum atomic E-state index is -0.266. The Bertz CT molecular complexity index is 431. The number of hydrogen-bond acceptors (Lipinski definition) is 3. The lowest BCUT2D eigenvalue weighted by atomic mass is 10.1. The van der Waals surface area contributed by atoms with E-state index in [1.54, 1.807) is 0 Å². The third kappa shape index (κ3) is 2.70. The first-order valence-electron chi connectivity index (χ1n) is 5.89. The van der Waals surface area contributed by atoms with Crippen molar-refractivity contribution in [3.63, 3.8) is 0 Å². The van der Waals surface area contributed by atoms with Crippen LogP contribution < -0.4 is 5.32 Å². The third-order valence-electron chi connectivity index (χ3n) is 3.27. The minimum Gasteiger partial charge on any atom is -0.504 e. The van der Waals surface area contributed by atoms with Crippen LogP contribution in [-0.4, -0.2) is 22.2 Å². The van der Waals surface area contributed by atoms with E-state index in [1.807, 2.05) is 0 Å². The van der Waals surface area contributed by atoms with Crippen molar-refractivity contribution in [1.82, 2.24) is 5.32 Å². The summed E-state index contributed by atoms with van der Waals surface area (Å²) in [4.78, 5) is 11.9. The van der Waals surface area contributed by atoms with Gasteiger partial charge in [-0.15, -0.1) is 0 Å². The Morgan fingerprint density at radius 3 is 2.65 bits per heavy atom. The van der Waals surface area contributed by atoms with Gasteiger partial charge in [0.1, 0.15) is 0 Å². The number of carbonyl (C=O) groups excluding carboxylic acids is 1. The fourth-order valence-electron chi connectivity index (χ4n) is 2.27. The van der Waals surface area contributed by atoms with Crippen LogP contribution in [0.15, 0.2) is 18.2 Å². The normalized spacial score (nSPS) is 23.6. The zero-order valence-corrected chi connectivity index (χ0v) is 9.81. The molecule has 2 rings (SSSR count). The Hall–Kier alpha value is -1.71. The summed E-state index contributed by atoms with van der Waals surface area (Å²) in [6.45, 7) is 2.18. The number of aromatic hydroxyl groups is 2. The predicted molar refractivity (Wildman–Crippen MR) is 64.0 cm³/mol. The Morgan fingerprint density at radius 2 is 2.06 bits per heavy atom. The van der Waals surface area contributed by atoms with Gasteiger partial charge < -0.3 is 15.5 Å². The number of phenols is 2. The van der Waals surface area contributed by atoms with Crippen molar-refractivity contribution in [2.75, 3.05) is 0 Å². The quantitative estimate of drug-likeness (QED) is 0.687. The van der Waals surface area contributed by atoms with Crippen molar-refractivity contribution >= 4 is 5.91 Å². The molecule has 4 heteroatoms. The van der Waals surface area contributed by atoms with Crippen LogP contribution in [0.3, 0.4) is 0 Å². The second kappa shape index (κ2) is 4.65. The SMILES string of the molecule is CC1CCC(NC(=O)c2ccc(O)c(O)c2)C1. The van der Waals surface area contributed by atoms with Gasteiger partial charge in [-0.05, 0) is 43.4 Å². The number of rotatable bonds is 2. The van der Waals surface area contributed by atoms with Gasteiger partial charge in [0.05, 0.1) is 0 Å². The van der Waals surface area contributed by atoms with Gasteiger partial charge in [-0.3, -0.25) is 4.79 Å².